The zero-order valence-corrected chi connectivity index (χ0v) is 10.0. The average Bonchev–Trinajstić information content (AvgIpc) is 2.40. The molecule has 6 heteroatoms. The summed E-state index contributed by atoms with van der Waals surface area (Å²) in [7, 11) is 0. The molecule has 2 aromatic heterocycles. The molecule has 88 valence electrons. The second-order valence-corrected chi connectivity index (χ2v) is 4.55. The molecule has 0 atom stereocenters. The summed E-state index contributed by atoms with van der Waals surface area (Å²) in [4.78, 5) is 23.8. The van der Waals surface area contributed by atoms with Crippen LogP contribution in [-0.4, -0.2) is 15.0 Å². The highest BCUT2D eigenvalue weighted by molar-refractivity contribution is 7.21. The number of rotatable bonds is 2. The Labute approximate surface area is 106 Å². The lowest BCUT2D eigenvalue weighted by atomic mass is 10.3. The number of anilines is 2. The lowest BCUT2D eigenvalue weighted by Gasteiger charge is -2.02. The maximum absolute atomic E-state index is 11.8. The number of benzene rings is 1. The maximum atomic E-state index is 11.8. The second kappa shape index (κ2) is 4.50. The smallest absolute Gasteiger partial charge is 0.281 e. The number of hydrogen-bond donors (Lipinski definition) is 1. The number of hydrogen-bond acceptors (Lipinski definition) is 6. The minimum atomic E-state index is -0.247. The van der Waals surface area contributed by atoms with Crippen molar-refractivity contribution in [2.24, 2.45) is 0 Å². The summed E-state index contributed by atoms with van der Waals surface area (Å²) >= 11 is 1.39. The van der Waals surface area contributed by atoms with Crippen LogP contribution in [0.2, 0.25) is 0 Å². The Morgan fingerprint density at radius 2 is 1.83 bits per heavy atom. The van der Waals surface area contributed by atoms with E-state index in [2.05, 4.69) is 20.3 Å². The molecular weight excluding hydrogens is 248 g/mol. The van der Waals surface area contributed by atoms with Gasteiger partial charge in [-0.15, -0.1) is 0 Å². The molecule has 0 spiro atoms. The summed E-state index contributed by atoms with van der Waals surface area (Å²) in [5.74, 6) is 0.427. The zero-order chi connectivity index (χ0) is 12.4. The molecule has 1 aromatic carbocycles. The van der Waals surface area contributed by atoms with E-state index in [1.165, 1.54) is 11.3 Å². The summed E-state index contributed by atoms with van der Waals surface area (Å²) in [6.45, 7) is 0. The lowest BCUT2D eigenvalue weighted by Crippen LogP contribution is -2.08. The predicted molar refractivity (Wildman–Crippen MR) is 71.2 cm³/mol. The van der Waals surface area contributed by atoms with Crippen LogP contribution >= 0.6 is 11.3 Å². The monoisotopic (exact) mass is 256 g/mol. The van der Waals surface area contributed by atoms with Crippen molar-refractivity contribution in [3.05, 3.63) is 53.1 Å². The molecule has 5 nitrogen and oxygen atoms in total. The molecule has 18 heavy (non-hydrogen) atoms. The highest BCUT2D eigenvalue weighted by Crippen LogP contribution is 2.21. The highest BCUT2D eigenvalue weighted by Gasteiger charge is 2.04. The van der Waals surface area contributed by atoms with Crippen LogP contribution in [0.4, 0.5) is 11.1 Å². The predicted octanol–water partition coefficient (Wildman–Crippen LogP) is 2.19. The van der Waals surface area contributed by atoms with Crippen LogP contribution in [0.25, 0.3) is 10.1 Å². The van der Waals surface area contributed by atoms with Gasteiger partial charge in [-0.3, -0.25) is 10.1 Å². The molecule has 2 heterocycles. The van der Waals surface area contributed by atoms with Gasteiger partial charge < -0.3 is 0 Å². The summed E-state index contributed by atoms with van der Waals surface area (Å²) in [5.41, 5.74) is -0.247. The SMILES string of the molecule is O=c1nc(Nc2ncccn2)sc2ccccc12. The second-order valence-electron chi connectivity index (χ2n) is 3.52. The first-order valence-electron chi connectivity index (χ1n) is 5.27. The number of nitrogens with zero attached hydrogens (tertiary/aromatic N) is 3. The first-order chi connectivity index (χ1) is 8.83. The lowest BCUT2D eigenvalue weighted by molar-refractivity contribution is 1.15. The van der Waals surface area contributed by atoms with Gasteiger partial charge in [0.15, 0.2) is 5.13 Å². The molecule has 3 rings (SSSR count). The highest BCUT2D eigenvalue weighted by atomic mass is 32.1. The van der Waals surface area contributed by atoms with E-state index >= 15 is 0 Å². The van der Waals surface area contributed by atoms with Crippen LogP contribution in [0.15, 0.2) is 47.5 Å². The molecule has 0 fully saturated rings. The Balaban J connectivity index is 2.06. The van der Waals surface area contributed by atoms with Gasteiger partial charge in [0.2, 0.25) is 5.95 Å². The van der Waals surface area contributed by atoms with E-state index in [0.29, 0.717) is 16.5 Å². The van der Waals surface area contributed by atoms with E-state index in [9.17, 15) is 4.79 Å². The molecule has 1 N–H and O–H groups in total. The minimum absolute atomic E-state index is 0.247. The molecule has 0 amide bonds. The zero-order valence-electron chi connectivity index (χ0n) is 9.20. The molecule has 0 saturated heterocycles. The first kappa shape index (κ1) is 10.8. The van der Waals surface area contributed by atoms with Gasteiger partial charge in [-0.25, -0.2) is 9.97 Å². The Hall–Kier alpha value is -2.34. The van der Waals surface area contributed by atoms with Gasteiger partial charge in [0.1, 0.15) is 0 Å². The van der Waals surface area contributed by atoms with Crippen molar-refractivity contribution in [1.82, 2.24) is 15.0 Å². The van der Waals surface area contributed by atoms with Gasteiger partial charge in [0, 0.05) is 17.1 Å². The summed E-state index contributed by atoms with van der Waals surface area (Å²) in [6, 6.07) is 9.10. The van der Waals surface area contributed by atoms with E-state index in [4.69, 9.17) is 0 Å². The van der Waals surface area contributed by atoms with Crippen molar-refractivity contribution in [3.63, 3.8) is 0 Å². The van der Waals surface area contributed by atoms with Crippen molar-refractivity contribution in [3.8, 4) is 0 Å². The van der Waals surface area contributed by atoms with Crippen LogP contribution in [0.5, 0.6) is 0 Å². The van der Waals surface area contributed by atoms with E-state index < -0.39 is 0 Å². The molecule has 0 aliphatic carbocycles. The normalized spacial score (nSPS) is 10.4. The largest absolute Gasteiger partial charge is 0.300 e. The fourth-order valence-electron chi connectivity index (χ4n) is 1.52. The Bertz CT molecular complexity index is 742. The number of aromatic nitrogens is 3. The maximum Gasteiger partial charge on any atom is 0.281 e. The Morgan fingerprint density at radius 1 is 1.06 bits per heavy atom. The van der Waals surface area contributed by atoms with Crippen molar-refractivity contribution in [2.45, 2.75) is 0 Å². The molecule has 0 aliphatic heterocycles. The topological polar surface area (TPSA) is 67.8 Å². The van der Waals surface area contributed by atoms with Gasteiger partial charge in [-0.1, -0.05) is 23.5 Å². The van der Waals surface area contributed by atoms with Crippen molar-refractivity contribution >= 4 is 32.5 Å². The molecule has 0 unspecified atom stereocenters. The van der Waals surface area contributed by atoms with Crippen LogP contribution in [0.1, 0.15) is 0 Å². The van der Waals surface area contributed by atoms with E-state index in [-0.39, 0.29) is 5.56 Å². The molecule has 0 saturated carbocycles. The van der Waals surface area contributed by atoms with Crippen molar-refractivity contribution in [1.29, 1.82) is 0 Å². The quantitative estimate of drug-likeness (QED) is 0.761. The third-order valence-electron chi connectivity index (χ3n) is 2.31. The van der Waals surface area contributed by atoms with Crippen molar-refractivity contribution < 1.29 is 0 Å². The van der Waals surface area contributed by atoms with Crippen LogP contribution in [0, 0.1) is 0 Å². The number of nitrogens with one attached hydrogen (secondary N) is 1. The Kier molecular flexibility index (Phi) is 2.70. The van der Waals surface area contributed by atoms with E-state index in [1.54, 1.807) is 24.5 Å². The summed E-state index contributed by atoms with van der Waals surface area (Å²) < 4.78 is 0.885. The van der Waals surface area contributed by atoms with E-state index in [0.717, 1.165) is 4.70 Å². The van der Waals surface area contributed by atoms with Crippen LogP contribution < -0.4 is 10.9 Å². The third kappa shape index (κ3) is 2.05. The third-order valence-corrected chi connectivity index (χ3v) is 3.27. The fraction of sp³-hybridized carbons (Fsp3) is 0. The average molecular weight is 256 g/mol. The van der Waals surface area contributed by atoms with Gasteiger partial charge >= 0.3 is 0 Å². The molecule has 0 aliphatic rings. The van der Waals surface area contributed by atoms with Gasteiger partial charge in [-0.2, -0.15) is 4.98 Å². The summed E-state index contributed by atoms with van der Waals surface area (Å²) in [6.07, 6.45) is 3.25. The van der Waals surface area contributed by atoms with Crippen molar-refractivity contribution in [2.75, 3.05) is 5.32 Å². The molecular formula is C12H8N4OS. The van der Waals surface area contributed by atoms with Gasteiger partial charge in [0.05, 0.1) is 5.39 Å². The fourth-order valence-corrected chi connectivity index (χ4v) is 2.42. The van der Waals surface area contributed by atoms with Crippen LogP contribution in [-0.2, 0) is 0 Å². The molecule has 0 bridgehead atoms. The van der Waals surface area contributed by atoms with Gasteiger partial charge in [-0.05, 0) is 18.2 Å². The van der Waals surface area contributed by atoms with Crippen LogP contribution in [0.3, 0.4) is 0 Å². The molecule has 0 radical (unpaired) electrons. The standard InChI is InChI=1S/C12H8N4OS/c17-10-8-4-1-2-5-9(8)18-12(15-10)16-11-13-6-3-7-14-11/h1-7H,(H,13,14,15,16,17). The Morgan fingerprint density at radius 3 is 2.67 bits per heavy atom. The summed E-state index contributed by atoms with van der Waals surface area (Å²) in [5, 5.41) is 4.04. The minimum Gasteiger partial charge on any atom is -0.300 e. The van der Waals surface area contributed by atoms with Gasteiger partial charge in [0.25, 0.3) is 5.56 Å². The molecule has 3 aromatic rings. The van der Waals surface area contributed by atoms with E-state index in [1.807, 2.05) is 18.2 Å². The number of fused-ring (bicyclic) bond motifs is 1. The first-order valence-corrected chi connectivity index (χ1v) is 6.08.